The minimum Gasteiger partial charge on any atom is -0.462 e. The number of hydrogen-bond acceptors (Lipinski definition) is 6. The molecule has 0 radical (unpaired) electrons. The number of hydrogen-bond donors (Lipinski definition) is 0. The molecule has 0 heterocycles. The molecule has 1 unspecified atom stereocenters. The van der Waals surface area contributed by atoms with Gasteiger partial charge in [0.2, 0.25) is 0 Å². The van der Waals surface area contributed by atoms with Gasteiger partial charge in [-0.3, -0.25) is 14.4 Å². The topological polar surface area (TPSA) is 78.9 Å². The molecule has 0 aliphatic carbocycles. The first-order chi connectivity index (χ1) is 33.0. The highest BCUT2D eigenvalue weighted by atomic mass is 16.6. The fourth-order valence-corrected chi connectivity index (χ4v) is 8.13. The van der Waals surface area contributed by atoms with E-state index in [-0.39, 0.29) is 31.1 Å². The predicted octanol–water partition coefficient (Wildman–Crippen LogP) is 19.2. The van der Waals surface area contributed by atoms with E-state index in [2.05, 4.69) is 81.5 Å². The maximum atomic E-state index is 12.8. The molecule has 0 amide bonds. The van der Waals surface area contributed by atoms with E-state index in [0.717, 1.165) is 83.5 Å². The summed E-state index contributed by atoms with van der Waals surface area (Å²) in [4.78, 5) is 37.9. The largest absolute Gasteiger partial charge is 0.462 e. The first kappa shape index (κ1) is 64.1. The summed E-state index contributed by atoms with van der Waals surface area (Å²) in [6.45, 7) is 6.57. The lowest BCUT2D eigenvalue weighted by Gasteiger charge is -2.18. The van der Waals surface area contributed by atoms with Gasteiger partial charge in [-0.15, -0.1) is 0 Å². The van der Waals surface area contributed by atoms with Crippen LogP contribution in [-0.4, -0.2) is 37.2 Å². The van der Waals surface area contributed by atoms with E-state index in [1.165, 1.54) is 167 Å². The Morgan fingerprint density at radius 1 is 0.299 bits per heavy atom. The third kappa shape index (κ3) is 53.9. The van der Waals surface area contributed by atoms with Crippen LogP contribution >= 0.6 is 0 Å². The number of carbonyl (C=O) groups is 3. The van der Waals surface area contributed by atoms with Crippen LogP contribution in [0.5, 0.6) is 0 Å². The van der Waals surface area contributed by atoms with Crippen LogP contribution < -0.4 is 0 Å². The van der Waals surface area contributed by atoms with Gasteiger partial charge < -0.3 is 14.2 Å². The first-order valence-corrected chi connectivity index (χ1v) is 28.8. The zero-order chi connectivity index (χ0) is 48.6. The number of unbranched alkanes of at least 4 members (excludes halogenated alkanes) is 31. The summed E-state index contributed by atoms with van der Waals surface area (Å²) in [5.74, 6) is -0.887. The fraction of sp³-hybridized carbons (Fsp3) is 0.787. The predicted molar refractivity (Wildman–Crippen MR) is 288 cm³/mol. The maximum absolute atomic E-state index is 12.8. The molecule has 0 aromatic rings. The van der Waals surface area contributed by atoms with E-state index in [1.54, 1.807) is 0 Å². The van der Waals surface area contributed by atoms with Crippen molar-refractivity contribution in [2.45, 2.75) is 297 Å². The van der Waals surface area contributed by atoms with Gasteiger partial charge in [0.1, 0.15) is 13.2 Å². The van der Waals surface area contributed by atoms with Gasteiger partial charge in [-0.2, -0.15) is 0 Å². The van der Waals surface area contributed by atoms with E-state index >= 15 is 0 Å². The third-order valence-corrected chi connectivity index (χ3v) is 12.5. The molecule has 67 heavy (non-hydrogen) atoms. The molecule has 0 saturated heterocycles. The summed E-state index contributed by atoms with van der Waals surface area (Å²) in [7, 11) is 0. The Hall–Kier alpha value is -2.89. The molecule has 0 aliphatic rings. The molecule has 6 heteroatoms. The SMILES string of the molecule is CCCCC/C=C\C/C=C\CCCCCCCCCC(=O)OC(COC(=O)CCCCCCCCC)COC(=O)CCCCCCCCCCCC/C=C\C/C=C\C/C=C\CCCCCCC. The first-order valence-electron chi connectivity index (χ1n) is 28.8. The van der Waals surface area contributed by atoms with Gasteiger partial charge in [0.25, 0.3) is 0 Å². The molecule has 388 valence electrons. The van der Waals surface area contributed by atoms with Crippen LogP contribution in [0.4, 0.5) is 0 Å². The lowest BCUT2D eigenvalue weighted by atomic mass is 10.1. The van der Waals surface area contributed by atoms with E-state index < -0.39 is 6.10 Å². The monoisotopic (exact) mass is 937 g/mol. The van der Waals surface area contributed by atoms with Crippen LogP contribution in [0, 0.1) is 0 Å². The summed E-state index contributed by atoms with van der Waals surface area (Å²) in [6.07, 6.45) is 69.4. The minimum absolute atomic E-state index is 0.0774. The smallest absolute Gasteiger partial charge is 0.306 e. The van der Waals surface area contributed by atoms with Crippen LogP contribution in [-0.2, 0) is 28.6 Å². The highest BCUT2D eigenvalue weighted by Crippen LogP contribution is 2.15. The zero-order valence-electron chi connectivity index (χ0n) is 44.4. The Morgan fingerprint density at radius 3 is 0.866 bits per heavy atom. The number of allylic oxidation sites excluding steroid dienone is 10. The second-order valence-electron chi connectivity index (χ2n) is 19.2. The molecule has 0 fully saturated rings. The molecule has 0 aliphatic heterocycles. The second-order valence-corrected chi connectivity index (χ2v) is 19.2. The van der Waals surface area contributed by atoms with Gasteiger partial charge in [-0.05, 0) is 89.9 Å². The Balaban J connectivity index is 4.18. The third-order valence-electron chi connectivity index (χ3n) is 12.5. The highest BCUT2D eigenvalue weighted by Gasteiger charge is 2.19. The van der Waals surface area contributed by atoms with E-state index in [9.17, 15) is 14.4 Å². The fourth-order valence-electron chi connectivity index (χ4n) is 8.13. The van der Waals surface area contributed by atoms with Crippen molar-refractivity contribution < 1.29 is 28.6 Å². The average molecular weight is 938 g/mol. The highest BCUT2D eigenvalue weighted by molar-refractivity contribution is 5.71. The van der Waals surface area contributed by atoms with E-state index in [4.69, 9.17) is 14.2 Å². The van der Waals surface area contributed by atoms with Gasteiger partial charge in [0.15, 0.2) is 6.10 Å². The Morgan fingerprint density at radius 2 is 0.537 bits per heavy atom. The molecular formula is C61H108O6. The van der Waals surface area contributed by atoms with Crippen LogP contribution in [0.25, 0.3) is 0 Å². The molecule has 1 atom stereocenters. The summed E-state index contributed by atoms with van der Waals surface area (Å²) in [5.41, 5.74) is 0. The lowest BCUT2D eigenvalue weighted by Crippen LogP contribution is -2.30. The van der Waals surface area contributed by atoms with Crippen molar-refractivity contribution in [3.8, 4) is 0 Å². The lowest BCUT2D eigenvalue weighted by molar-refractivity contribution is -0.167. The zero-order valence-corrected chi connectivity index (χ0v) is 44.4. The summed E-state index contributed by atoms with van der Waals surface area (Å²) in [5, 5.41) is 0. The van der Waals surface area contributed by atoms with Crippen molar-refractivity contribution in [2.75, 3.05) is 13.2 Å². The number of ether oxygens (including phenoxy) is 3. The van der Waals surface area contributed by atoms with Gasteiger partial charge in [-0.25, -0.2) is 0 Å². The van der Waals surface area contributed by atoms with Crippen LogP contribution in [0.1, 0.15) is 290 Å². The molecule has 0 bridgehead atoms. The second kappa shape index (κ2) is 55.7. The molecule has 0 aromatic carbocycles. The minimum atomic E-state index is -0.777. The van der Waals surface area contributed by atoms with E-state index in [1.807, 2.05) is 0 Å². The quantitative estimate of drug-likeness (QED) is 0.0262. The molecule has 0 rings (SSSR count). The van der Waals surface area contributed by atoms with Gasteiger partial charge in [0, 0.05) is 19.3 Å². The number of esters is 3. The summed E-state index contributed by atoms with van der Waals surface area (Å²) in [6, 6.07) is 0. The summed E-state index contributed by atoms with van der Waals surface area (Å²) >= 11 is 0. The number of carbonyl (C=O) groups excluding carboxylic acids is 3. The van der Waals surface area contributed by atoms with Crippen LogP contribution in [0.3, 0.4) is 0 Å². The van der Waals surface area contributed by atoms with Crippen molar-refractivity contribution in [1.29, 1.82) is 0 Å². The molecule has 0 N–H and O–H groups in total. The Bertz CT molecular complexity index is 1210. The Labute approximate surface area is 415 Å². The van der Waals surface area contributed by atoms with Crippen molar-refractivity contribution in [3.63, 3.8) is 0 Å². The standard InChI is InChI=1S/C61H108O6/c1-4-7-10-13-16-18-20-22-24-26-27-28-29-30-31-32-33-35-36-38-40-42-45-48-51-54-60(63)66-57-58(56-65-59(62)53-50-47-44-15-12-9-6-3)67-61(64)55-52-49-46-43-41-39-37-34-25-23-21-19-17-14-11-8-5-2/h17,19-20,22-23,25-27,29-30,58H,4-16,18,21,24,28,31-57H2,1-3H3/b19-17-,22-20-,25-23-,27-26-,30-29-. The van der Waals surface area contributed by atoms with Crippen LogP contribution in [0.15, 0.2) is 60.8 Å². The number of rotatable bonds is 52. The normalized spacial score (nSPS) is 12.5. The van der Waals surface area contributed by atoms with Crippen molar-refractivity contribution in [1.82, 2.24) is 0 Å². The summed E-state index contributed by atoms with van der Waals surface area (Å²) < 4.78 is 16.8. The van der Waals surface area contributed by atoms with Crippen molar-refractivity contribution in [3.05, 3.63) is 60.8 Å². The molecule has 6 nitrogen and oxygen atoms in total. The van der Waals surface area contributed by atoms with Crippen molar-refractivity contribution >= 4 is 17.9 Å². The van der Waals surface area contributed by atoms with Gasteiger partial charge >= 0.3 is 17.9 Å². The Kier molecular flexibility index (Phi) is 53.3. The molecular weight excluding hydrogens is 829 g/mol. The van der Waals surface area contributed by atoms with Gasteiger partial charge in [0.05, 0.1) is 0 Å². The van der Waals surface area contributed by atoms with Crippen LogP contribution in [0.2, 0.25) is 0 Å². The maximum Gasteiger partial charge on any atom is 0.306 e. The molecule has 0 saturated carbocycles. The molecule has 0 aromatic heterocycles. The van der Waals surface area contributed by atoms with E-state index in [0.29, 0.717) is 19.3 Å². The molecule has 0 spiro atoms. The average Bonchev–Trinajstić information content (AvgIpc) is 3.33. The van der Waals surface area contributed by atoms with Crippen molar-refractivity contribution in [2.24, 2.45) is 0 Å². The van der Waals surface area contributed by atoms with Gasteiger partial charge in [-0.1, -0.05) is 242 Å².